The first-order chi connectivity index (χ1) is 7.29. The summed E-state index contributed by atoms with van der Waals surface area (Å²) in [5.74, 6) is 2.29. The molecule has 1 aromatic rings. The molecule has 2 atom stereocenters. The van der Waals surface area contributed by atoms with Gasteiger partial charge in [0.2, 0.25) is 5.88 Å². The molecule has 0 bridgehead atoms. The topological polar surface area (TPSA) is 47.0 Å². The molecule has 1 fully saturated rings. The number of ether oxygens (including phenoxy) is 1. The molecule has 0 spiro atoms. The fraction of sp³-hybridized carbons (Fsp3) is 0.636. The van der Waals surface area contributed by atoms with Gasteiger partial charge in [0.1, 0.15) is 12.1 Å². The molecule has 2 unspecified atom stereocenters. The predicted octanol–water partition coefficient (Wildman–Crippen LogP) is 2.09. The molecule has 0 saturated heterocycles. The Hall–Kier alpha value is -1.32. The van der Waals surface area contributed by atoms with Crippen molar-refractivity contribution in [1.82, 2.24) is 9.97 Å². The maximum Gasteiger partial charge on any atom is 0.218 e. The minimum absolute atomic E-state index is 0.582. The summed E-state index contributed by atoms with van der Waals surface area (Å²) in [7, 11) is 0. The van der Waals surface area contributed by atoms with Crippen LogP contribution in [-0.2, 0) is 0 Å². The number of hydrogen-bond acceptors (Lipinski definition) is 4. The van der Waals surface area contributed by atoms with Crippen LogP contribution in [-0.4, -0.2) is 22.6 Å². The van der Waals surface area contributed by atoms with E-state index in [9.17, 15) is 0 Å². The van der Waals surface area contributed by atoms with Crippen LogP contribution < -0.4 is 10.1 Å². The summed E-state index contributed by atoms with van der Waals surface area (Å²) >= 11 is 0. The van der Waals surface area contributed by atoms with Crippen LogP contribution in [0.5, 0.6) is 5.88 Å². The van der Waals surface area contributed by atoms with Gasteiger partial charge in [0, 0.05) is 12.1 Å². The molecule has 0 amide bonds. The molecule has 1 saturated carbocycles. The van der Waals surface area contributed by atoms with Crippen LogP contribution in [0.4, 0.5) is 5.82 Å². The lowest BCUT2D eigenvalue weighted by Crippen LogP contribution is -2.06. The normalized spacial score (nSPS) is 23.6. The van der Waals surface area contributed by atoms with Crippen molar-refractivity contribution in [2.45, 2.75) is 32.7 Å². The van der Waals surface area contributed by atoms with E-state index in [1.165, 1.54) is 6.42 Å². The summed E-state index contributed by atoms with van der Waals surface area (Å²) in [6.45, 7) is 5.01. The van der Waals surface area contributed by atoms with Crippen molar-refractivity contribution < 1.29 is 4.74 Å². The lowest BCUT2D eigenvalue weighted by atomic mass is 10.4. The molecule has 2 rings (SSSR count). The first-order valence-electron chi connectivity index (χ1n) is 5.51. The molecule has 0 aromatic carbocycles. The highest BCUT2D eigenvalue weighted by atomic mass is 16.5. The van der Waals surface area contributed by atoms with Gasteiger partial charge in [-0.25, -0.2) is 9.97 Å². The van der Waals surface area contributed by atoms with E-state index in [-0.39, 0.29) is 0 Å². The number of anilines is 1. The molecule has 4 heteroatoms. The molecule has 15 heavy (non-hydrogen) atoms. The molecule has 0 aliphatic heterocycles. The van der Waals surface area contributed by atoms with E-state index in [2.05, 4.69) is 29.1 Å². The fourth-order valence-electron chi connectivity index (χ4n) is 1.42. The Morgan fingerprint density at radius 3 is 3.00 bits per heavy atom. The van der Waals surface area contributed by atoms with Gasteiger partial charge in [0.05, 0.1) is 6.61 Å². The quantitative estimate of drug-likeness (QED) is 0.803. The third kappa shape index (κ3) is 2.81. The van der Waals surface area contributed by atoms with Crippen LogP contribution >= 0.6 is 0 Å². The Balaban J connectivity index is 1.93. The Morgan fingerprint density at radius 2 is 2.33 bits per heavy atom. The average molecular weight is 207 g/mol. The number of aromatic nitrogens is 2. The summed E-state index contributed by atoms with van der Waals surface area (Å²) in [4.78, 5) is 8.21. The molecule has 82 valence electrons. The zero-order valence-electron chi connectivity index (χ0n) is 9.23. The van der Waals surface area contributed by atoms with E-state index in [0.29, 0.717) is 18.5 Å². The zero-order chi connectivity index (χ0) is 10.7. The summed E-state index contributed by atoms with van der Waals surface area (Å²) in [5, 5.41) is 3.35. The molecule has 1 N–H and O–H groups in total. The number of hydrogen-bond donors (Lipinski definition) is 1. The highest BCUT2D eigenvalue weighted by molar-refractivity contribution is 5.39. The highest BCUT2D eigenvalue weighted by Crippen LogP contribution is 2.32. The fourth-order valence-corrected chi connectivity index (χ4v) is 1.42. The molecular weight excluding hydrogens is 190 g/mol. The summed E-state index contributed by atoms with van der Waals surface area (Å²) in [5.41, 5.74) is 0. The smallest absolute Gasteiger partial charge is 0.218 e. The second kappa shape index (κ2) is 4.47. The van der Waals surface area contributed by atoms with Crippen molar-refractivity contribution in [3.05, 3.63) is 12.4 Å². The van der Waals surface area contributed by atoms with Gasteiger partial charge >= 0.3 is 0 Å². The molecule has 1 aliphatic carbocycles. The summed E-state index contributed by atoms with van der Waals surface area (Å²) in [6, 6.07) is 2.44. The van der Waals surface area contributed by atoms with Gasteiger partial charge < -0.3 is 10.1 Å². The SMILES string of the molecule is CCCOc1cc(NC2CC2C)ncn1. The van der Waals surface area contributed by atoms with Gasteiger partial charge in [-0.1, -0.05) is 13.8 Å². The van der Waals surface area contributed by atoms with E-state index in [1.807, 2.05) is 6.07 Å². The Morgan fingerprint density at radius 1 is 1.53 bits per heavy atom. The van der Waals surface area contributed by atoms with Crippen molar-refractivity contribution in [1.29, 1.82) is 0 Å². The van der Waals surface area contributed by atoms with E-state index in [0.717, 1.165) is 18.2 Å². The number of rotatable bonds is 5. The standard InChI is InChI=1S/C11H17N3O/c1-3-4-15-11-6-10(12-7-13-11)14-9-5-8(9)2/h6-9H,3-5H2,1-2H3,(H,12,13,14). The molecular formula is C11H17N3O. The van der Waals surface area contributed by atoms with E-state index in [4.69, 9.17) is 4.74 Å². The minimum atomic E-state index is 0.582. The van der Waals surface area contributed by atoms with Crippen LogP contribution in [0.1, 0.15) is 26.7 Å². The first kappa shape index (κ1) is 10.2. The third-order valence-electron chi connectivity index (χ3n) is 2.54. The van der Waals surface area contributed by atoms with E-state index in [1.54, 1.807) is 6.33 Å². The molecule has 1 aromatic heterocycles. The maximum atomic E-state index is 5.43. The number of nitrogens with zero attached hydrogens (tertiary/aromatic N) is 2. The Bertz CT molecular complexity index is 329. The molecule has 1 heterocycles. The summed E-state index contributed by atoms with van der Waals surface area (Å²) < 4.78 is 5.43. The van der Waals surface area contributed by atoms with E-state index >= 15 is 0 Å². The lowest BCUT2D eigenvalue weighted by molar-refractivity contribution is 0.305. The summed E-state index contributed by atoms with van der Waals surface area (Å²) in [6.07, 6.45) is 3.77. The van der Waals surface area contributed by atoms with Crippen LogP contribution in [0.15, 0.2) is 12.4 Å². The zero-order valence-corrected chi connectivity index (χ0v) is 9.23. The Labute approximate surface area is 90.1 Å². The minimum Gasteiger partial charge on any atom is -0.478 e. The van der Waals surface area contributed by atoms with Crippen molar-refractivity contribution in [2.24, 2.45) is 5.92 Å². The number of nitrogens with one attached hydrogen (secondary N) is 1. The van der Waals surface area contributed by atoms with Gasteiger partial charge in [-0.2, -0.15) is 0 Å². The van der Waals surface area contributed by atoms with Crippen molar-refractivity contribution in [3.63, 3.8) is 0 Å². The lowest BCUT2D eigenvalue weighted by Gasteiger charge is -2.06. The molecule has 0 radical (unpaired) electrons. The second-order valence-corrected chi connectivity index (χ2v) is 4.05. The van der Waals surface area contributed by atoms with Gasteiger partial charge in [-0.3, -0.25) is 0 Å². The van der Waals surface area contributed by atoms with Gasteiger partial charge in [-0.05, 0) is 18.8 Å². The van der Waals surface area contributed by atoms with Crippen molar-refractivity contribution >= 4 is 5.82 Å². The Kier molecular flexibility index (Phi) is 3.04. The van der Waals surface area contributed by atoms with E-state index < -0.39 is 0 Å². The molecule has 4 nitrogen and oxygen atoms in total. The first-order valence-corrected chi connectivity index (χ1v) is 5.51. The van der Waals surface area contributed by atoms with Gasteiger partial charge in [0.25, 0.3) is 0 Å². The van der Waals surface area contributed by atoms with Crippen LogP contribution in [0.25, 0.3) is 0 Å². The van der Waals surface area contributed by atoms with Crippen molar-refractivity contribution in [3.8, 4) is 5.88 Å². The molecule has 1 aliphatic rings. The largest absolute Gasteiger partial charge is 0.478 e. The second-order valence-electron chi connectivity index (χ2n) is 4.05. The third-order valence-corrected chi connectivity index (χ3v) is 2.54. The van der Waals surface area contributed by atoms with Crippen molar-refractivity contribution in [2.75, 3.05) is 11.9 Å². The predicted molar refractivity (Wildman–Crippen MR) is 59.0 cm³/mol. The van der Waals surface area contributed by atoms with Gasteiger partial charge in [0.15, 0.2) is 0 Å². The van der Waals surface area contributed by atoms with Crippen LogP contribution in [0, 0.1) is 5.92 Å². The monoisotopic (exact) mass is 207 g/mol. The van der Waals surface area contributed by atoms with Gasteiger partial charge in [-0.15, -0.1) is 0 Å². The highest BCUT2D eigenvalue weighted by Gasteiger charge is 2.32. The maximum absolute atomic E-state index is 5.43. The van der Waals surface area contributed by atoms with Crippen LogP contribution in [0.3, 0.4) is 0 Å². The van der Waals surface area contributed by atoms with Crippen LogP contribution in [0.2, 0.25) is 0 Å². The average Bonchev–Trinajstić information content (AvgIpc) is 2.92.